The van der Waals surface area contributed by atoms with Crippen LogP contribution < -0.4 is 22.1 Å². The molecule has 92 valence electrons. The van der Waals surface area contributed by atoms with E-state index in [0.717, 1.165) is 0 Å². The number of carbonyl (C=O) groups excluding carboxylic acids is 1. The zero-order valence-electron chi connectivity index (χ0n) is 9.71. The molecule has 0 atom stereocenters. The lowest BCUT2D eigenvalue weighted by Gasteiger charge is -2.20. The van der Waals surface area contributed by atoms with Crippen LogP contribution in [0.1, 0.15) is 0 Å². The zero-order chi connectivity index (χ0) is 13.1. The molecule has 2 aromatic carbocycles. The Morgan fingerprint density at radius 3 is 1.39 bits per heavy atom. The van der Waals surface area contributed by atoms with Crippen molar-refractivity contribution in [1.82, 2.24) is 0 Å². The van der Waals surface area contributed by atoms with Crippen molar-refractivity contribution < 1.29 is 4.79 Å². The van der Waals surface area contributed by atoms with Crippen molar-refractivity contribution in [2.45, 2.75) is 0 Å². The molecule has 0 saturated carbocycles. The summed E-state index contributed by atoms with van der Waals surface area (Å²) in [6, 6.07) is 13.2. The number of hydrogen-bond donors (Lipinski definition) is 3. The molecule has 0 bridgehead atoms. The van der Waals surface area contributed by atoms with Crippen LogP contribution >= 0.6 is 0 Å². The smallest absolute Gasteiger partial charge is 0.323 e. The van der Waals surface area contributed by atoms with Crippen LogP contribution in [0.3, 0.4) is 0 Å². The van der Waals surface area contributed by atoms with Crippen molar-refractivity contribution in [3.8, 4) is 0 Å². The van der Waals surface area contributed by atoms with Gasteiger partial charge in [0.15, 0.2) is 0 Å². The Morgan fingerprint density at radius 1 is 0.778 bits per heavy atom. The van der Waals surface area contributed by atoms with Gasteiger partial charge >= 0.3 is 6.03 Å². The third-order valence-corrected chi connectivity index (χ3v) is 2.52. The van der Waals surface area contributed by atoms with Gasteiger partial charge in [-0.3, -0.25) is 4.90 Å². The second-order valence-electron chi connectivity index (χ2n) is 3.86. The van der Waals surface area contributed by atoms with Crippen LogP contribution in [-0.2, 0) is 0 Å². The summed E-state index contributed by atoms with van der Waals surface area (Å²) in [6.07, 6.45) is 0. The fourth-order valence-electron chi connectivity index (χ4n) is 1.65. The first kappa shape index (κ1) is 11.8. The van der Waals surface area contributed by atoms with Crippen LogP contribution in [0.25, 0.3) is 0 Å². The number of nitrogens with two attached hydrogens (primary N) is 3. The number of anilines is 4. The Bertz CT molecular complexity index is 503. The number of nitrogens with zero attached hydrogens (tertiary/aromatic N) is 1. The van der Waals surface area contributed by atoms with Gasteiger partial charge in [0.05, 0.1) is 11.4 Å². The van der Waals surface area contributed by atoms with E-state index in [9.17, 15) is 4.79 Å². The van der Waals surface area contributed by atoms with Crippen LogP contribution in [0, 0.1) is 0 Å². The fourth-order valence-corrected chi connectivity index (χ4v) is 1.65. The lowest BCUT2D eigenvalue weighted by atomic mass is 10.2. The van der Waals surface area contributed by atoms with Crippen molar-refractivity contribution >= 4 is 28.8 Å². The first-order valence-corrected chi connectivity index (χ1v) is 5.38. The van der Waals surface area contributed by atoms with E-state index in [0.29, 0.717) is 22.7 Å². The molecule has 2 aromatic rings. The molecule has 0 aliphatic carbocycles. The number of rotatable bonds is 2. The average Bonchev–Trinajstić information content (AvgIpc) is 2.34. The number of benzene rings is 2. The Labute approximate surface area is 105 Å². The normalized spacial score (nSPS) is 10.0. The molecule has 0 radical (unpaired) electrons. The molecule has 5 nitrogen and oxygen atoms in total. The Hall–Kier alpha value is -2.69. The summed E-state index contributed by atoms with van der Waals surface area (Å²) in [6.45, 7) is 0. The van der Waals surface area contributed by atoms with Crippen molar-refractivity contribution in [1.29, 1.82) is 0 Å². The standard InChI is InChI=1S/C13H14N4O/c14-9-1-5-11(6-2-9)17(13(16)18)12-7-3-10(15)4-8-12/h1-8H,14-15H2,(H2,16,18). The Kier molecular flexibility index (Phi) is 3.05. The lowest BCUT2D eigenvalue weighted by molar-refractivity contribution is 0.256. The summed E-state index contributed by atoms with van der Waals surface area (Å²) in [5, 5.41) is 0. The van der Waals surface area contributed by atoms with Gasteiger partial charge in [0.25, 0.3) is 0 Å². The van der Waals surface area contributed by atoms with Gasteiger partial charge in [0.2, 0.25) is 0 Å². The van der Waals surface area contributed by atoms with Gasteiger partial charge < -0.3 is 17.2 Å². The number of carbonyl (C=O) groups is 1. The molecule has 0 heterocycles. The van der Waals surface area contributed by atoms with E-state index in [4.69, 9.17) is 17.2 Å². The van der Waals surface area contributed by atoms with Gasteiger partial charge in [-0.1, -0.05) is 0 Å². The van der Waals surface area contributed by atoms with Crippen molar-refractivity contribution in [2.75, 3.05) is 16.4 Å². The van der Waals surface area contributed by atoms with Crippen LogP contribution in [-0.4, -0.2) is 6.03 Å². The number of amides is 2. The monoisotopic (exact) mass is 242 g/mol. The molecule has 18 heavy (non-hydrogen) atoms. The van der Waals surface area contributed by atoms with E-state index < -0.39 is 6.03 Å². The summed E-state index contributed by atoms with van der Waals surface area (Å²) in [7, 11) is 0. The van der Waals surface area contributed by atoms with Crippen LogP contribution in [0.2, 0.25) is 0 Å². The Balaban J connectivity index is 2.43. The molecule has 2 amide bonds. The van der Waals surface area contributed by atoms with Gasteiger partial charge in [-0.2, -0.15) is 0 Å². The molecule has 5 heteroatoms. The highest BCUT2D eigenvalue weighted by Crippen LogP contribution is 2.26. The maximum Gasteiger partial charge on any atom is 0.323 e. The van der Waals surface area contributed by atoms with E-state index in [-0.39, 0.29) is 0 Å². The number of nitrogen functional groups attached to an aromatic ring is 2. The second-order valence-corrected chi connectivity index (χ2v) is 3.86. The van der Waals surface area contributed by atoms with Crippen LogP contribution in [0.5, 0.6) is 0 Å². The quantitative estimate of drug-likeness (QED) is 0.703. The SMILES string of the molecule is NC(=O)N(c1ccc(N)cc1)c1ccc(N)cc1. The highest BCUT2D eigenvalue weighted by molar-refractivity contribution is 5.98. The molecular weight excluding hydrogens is 228 g/mol. The first-order chi connectivity index (χ1) is 8.58. The molecule has 0 fully saturated rings. The summed E-state index contributed by atoms with van der Waals surface area (Å²) < 4.78 is 0. The van der Waals surface area contributed by atoms with E-state index in [1.54, 1.807) is 48.5 Å². The van der Waals surface area contributed by atoms with Crippen molar-refractivity contribution in [2.24, 2.45) is 5.73 Å². The second kappa shape index (κ2) is 4.67. The summed E-state index contributed by atoms with van der Waals surface area (Å²) in [5.41, 5.74) is 19.2. The molecule has 0 aromatic heterocycles. The minimum absolute atomic E-state index is 0.565. The summed E-state index contributed by atoms with van der Waals surface area (Å²) in [4.78, 5) is 12.9. The van der Waals surface area contributed by atoms with E-state index in [2.05, 4.69) is 0 Å². The first-order valence-electron chi connectivity index (χ1n) is 5.38. The van der Waals surface area contributed by atoms with Crippen LogP contribution in [0.15, 0.2) is 48.5 Å². The van der Waals surface area contributed by atoms with Crippen LogP contribution in [0.4, 0.5) is 27.5 Å². The average molecular weight is 242 g/mol. The van der Waals surface area contributed by atoms with Gasteiger partial charge in [0, 0.05) is 11.4 Å². The lowest BCUT2D eigenvalue weighted by Crippen LogP contribution is -2.31. The highest BCUT2D eigenvalue weighted by atomic mass is 16.2. The fraction of sp³-hybridized carbons (Fsp3) is 0. The third kappa shape index (κ3) is 2.35. The number of urea groups is 1. The van der Waals surface area contributed by atoms with E-state index in [1.807, 2.05) is 0 Å². The van der Waals surface area contributed by atoms with E-state index in [1.165, 1.54) is 4.90 Å². The van der Waals surface area contributed by atoms with E-state index >= 15 is 0 Å². The van der Waals surface area contributed by atoms with Crippen molar-refractivity contribution in [3.05, 3.63) is 48.5 Å². The highest BCUT2D eigenvalue weighted by Gasteiger charge is 2.14. The summed E-state index contributed by atoms with van der Waals surface area (Å²) in [5.74, 6) is 0. The molecule has 0 aliphatic rings. The van der Waals surface area contributed by atoms with Gasteiger partial charge in [0.1, 0.15) is 0 Å². The van der Waals surface area contributed by atoms with Gasteiger partial charge in [-0.05, 0) is 48.5 Å². The van der Waals surface area contributed by atoms with Gasteiger partial charge in [-0.25, -0.2) is 4.79 Å². The molecule has 2 rings (SSSR count). The largest absolute Gasteiger partial charge is 0.399 e. The Morgan fingerprint density at radius 2 is 1.11 bits per heavy atom. The van der Waals surface area contributed by atoms with Crippen molar-refractivity contribution in [3.63, 3.8) is 0 Å². The molecule has 0 saturated heterocycles. The zero-order valence-corrected chi connectivity index (χ0v) is 9.71. The number of hydrogen-bond acceptors (Lipinski definition) is 3. The minimum Gasteiger partial charge on any atom is -0.399 e. The molecule has 0 unspecified atom stereocenters. The molecular formula is C13H14N4O. The molecule has 0 aliphatic heterocycles. The van der Waals surface area contributed by atoms with Gasteiger partial charge in [-0.15, -0.1) is 0 Å². The number of primary amides is 1. The third-order valence-electron chi connectivity index (χ3n) is 2.52. The predicted molar refractivity (Wildman–Crippen MR) is 73.4 cm³/mol. The summed E-state index contributed by atoms with van der Waals surface area (Å²) >= 11 is 0. The predicted octanol–water partition coefficient (Wildman–Crippen LogP) is 2.07. The minimum atomic E-state index is -0.565. The molecule has 6 N–H and O–H groups in total. The molecule has 0 spiro atoms. The maximum absolute atomic E-state index is 11.6. The maximum atomic E-state index is 11.6. The topological polar surface area (TPSA) is 98.4 Å².